The lowest BCUT2D eigenvalue weighted by Gasteiger charge is -2.24. The fourth-order valence-corrected chi connectivity index (χ4v) is 2.39. The molecule has 1 aromatic rings. The van der Waals surface area contributed by atoms with Crippen LogP contribution in [-0.2, 0) is 11.2 Å². The van der Waals surface area contributed by atoms with Gasteiger partial charge >= 0.3 is 5.97 Å². The highest BCUT2D eigenvalue weighted by Crippen LogP contribution is 2.47. The molecule has 1 aliphatic carbocycles. The van der Waals surface area contributed by atoms with Gasteiger partial charge in [0.15, 0.2) is 0 Å². The minimum Gasteiger partial charge on any atom is -0.481 e. The summed E-state index contributed by atoms with van der Waals surface area (Å²) in [5.74, 6) is -1.04. The van der Waals surface area contributed by atoms with E-state index in [-0.39, 0.29) is 10.9 Å². The van der Waals surface area contributed by atoms with E-state index in [4.69, 9.17) is 11.6 Å². The molecule has 1 aromatic carbocycles. The highest BCUT2D eigenvalue weighted by Gasteiger charge is 2.47. The molecule has 0 saturated heterocycles. The van der Waals surface area contributed by atoms with Crippen molar-refractivity contribution in [3.8, 4) is 0 Å². The fraction of sp³-hybridized carbons (Fsp3) is 0.462. The van der Waals surface area contributed by atoms with Crippen molar-refractivity contribution in [2.75, 3.05) is 0 Å². The fourth-order valence-electron chi connectivity index (χ4n) is 2.19. The first-order valence-electron chi connectivity index (χ1n) is 5.61. The maximum atomic E-state index is 13.0. The minimum absolute atomic E-state index is 0.0473. The van der Waals surface area contributed by atoms with Crippen LogP contribution in [0, 0.1) is 17.2 Å². The van der Waals surface area contributed by atoms with Crippen molar-refractivity contribution >= 4 is 17.6 Å². The normalized spacial score (nSPS) is 18.8. The van der Waals surface area contributed by atoms with Crippen LogP contribution >= 0.6 is 11.6 Å². The van der Waals surface area contributed by atoms with E-state index >= 15 is 0 Å². The van der Waals surface area contributed by atoms with Gasteiger partial charge < -0.3 is 5.11 Å². The monoisotopic (exact) mass is 256 g/mol. The van der Waals surface area contributed by atoms with Gasteiger partial charge in [0.25, 0.3) is 0 Å². The maximum absolute atomic E-state index is 13.0. The van der Waals surface area contributed by atoms with E-state index in [1.807, 2.05) is 0 Å². The summed E-state index contributed by atoms with van der Waals surface area (Å²) in [5.41, 5.74) is 0.00874. The highest BCUT2D eigenvalue weighted by atomic mass is 35.5. The van der Waals surface area contributed by atoms with Crippen molar-refractivity contribution < 1.29 is 14.3 Å². The zero-order valence-corrected chi connectivity index (χ0v) is 10.3. The first-order chi connectivity index (χ1) is 7.93. The molecule has 1 fully saturated rings. The second kappa shape index (κ2) is 4.30. The van der Waals surface area contributed by atoms with Crippen molar-refractivity contribution in [2.45, 2.75) is 26.2 Å². The lowest BCUT2D eigenvalue weighted by Crippen LogP contribution is -2.32. The predicted molar refractivity (Wildman–Crippen MR) is 63.6 cm³/mol. The van der Waals surface area contributed by atoms with Gasteiger partial charge in [-0.2, -0.15) is 0 Å². The van der Waals surface area contributed by atoms with Crippen LogP contribution in [0.25, 0.3) is 0 Å². The number of carbonyl (C=O) groups is 1. The van der Waals surface area contributed by atoms with Gasteiger partial charge in [0.2, 0.25) is 0 Å². The molecule has 0 spiro atoms. The molecular formula is C13H14ClFO2. The molecule has 1 aliphatic rings. The van der Waals surface area contributed by atoms with Crippen molar-refractivity contribution in [1.82, 2.24) is 0 Å². The number of aliphatic carboxylic acids is 1. The van der Waals surface area contributed by atoms with E-state index in [9.17, 15) is 14.3 Å². The van der Waals surface area contributed by atoms with Crippen LogP contribution < -0.4 is 0 Å². The summed E-state index contributed by atoms with van der Waals surface area (Å²) in [6.45, 7) is 1.75. The molecule has 0 bridgehead atoms. The van der Waals surface area contributed by atoms with Crippen LogP contribution in [0.4, 0.5) is 4.39 Å². The molecule has 0 amide bonds. The summed E-state index contributed by atoms with van der Waals surface area (Å²) >= 11 is 5.70. The van der Waals surface area contributed by atoms with E-state index in [0.717, 1.165) is 18.4 Å². The van der Waals surface area contributed by atoms with Crippen LogP contribution in [0.3, 0.4) is 0 Å². The van der Waals surface area contributed by atoms with Crippen molar-refractivity contribution in [3.05, 3.63) is 34.6 Å². The van der Waals surface area contributed by atoms with Crippen LogP contribution in [0.5, 0.6) is 0 Å². The molecule has 4 heteroatoms. The van der Waals surface area contributed by atoms with Gasteiger partial charge in [0.05, 0.1) is 10.4 Å². The SMILES string of the molecule is CC(Cc1ccc(F)c(Cl)c1)(C(=O)O)C1CC1. The zero-order valence-electron chi connectivity index (χ0n) is 9.54. The molecule has 0 radical (unpaired) electrons. The molecular weight excluding hydrogens is 243 g/mol. The van der Waals surface area contributed by atoms with Gasteiger partial charge in [-0.05, 0) is 49.8 Å². The van der Waals surface area contributed by atoms with E-state index < -0.39 is 17.2 Å². The third kappa shape index (κ3) is 2.44. The van der Waals surface area contributed by atoms with Gasteiger partial charge in [-0.1, -0.05) is 17.7 Å². The number of benzene rings is 1. The van der Waals surface area contributed by atoms with Crippen molar-refractivity contribution in [3.63, 3.8) is 0 Å². The number of rotatable bonds is 4. The Kier molecular flexibility index (Phi) is 3.13. The molecule has 1 unspecified atom stereocenters. The first-order valence-corrected chi connectivity index (χ1v) is 5.98. The molecule has 1 atom stereocenters. The molecule has 17 heavy (non-hydrogen) atoms. The summed E-state index contributed by atoms with van der Waals surface area (Å²) in [7, 11) is 0. The first kappa shape index (κ1) is 12.4. The second-order valence-corrected chi connectivity index (χ2v) is 5.33. The summed E-state index contributed by atoms with van der Waals surface area (Å²) in [5, 5.41) is 9.37. The van der Waals surface area contributed by atoms with Crippen LogP contribution in [-0.4, -0.2) is 11.1 Å². The molecule has 2 rings (SSSR count). The van der Waals surface area contributed by atoms with Gasteiger partial charge in [-0.3, -0.25) is 4.79 Å². The lowest BCUT2D eigenvalue weighted by atomic mass is 9.79. The summed E-state index contributed by atoms with van der Waals surface area (Å²) < 4.78 is 13.0. The third-order valence-electron chi connectivity index (χ3n) is 3.52. The third-order valence-corrected chi connectivity index (χ3v) is 3.81. The number of halogens is 2. The molecule has 0 aromatic heterocycles. The Hall–Kier alpha value is -1.09. The Balaban J connectivity index is 2.23. The Morgan fingerprint density at radius 2 is 2.24 bits per heavy atom. The van der Waals surface area contributed by atoms with E-state index in [0.29, 0.717) is 6.42 Å². The van der Waals surface area contributed by atoms with Crippen LogP contribution in [0.1, 0.15) is 25.3 Å². The van der Waals surface area contributed by atoms with Gasteiger partial charge in [0.1, 0.15) is 5.82 Å². The quantitative estimate of drug-likeness (QED) is 0.895. The van der Waals surface area contributed by atoms with Crippen LogP contribution in [0.2, 0.25) is 5.02 Å². The minimum atomic E-state index is -0.791. The topological polar surface area (TPSA) is 37.3 Å². The standard InChI is InChI=1S/C13H14ClFO2/c1-13(12(16)17,9-3-4-9)7-8-2-5-11(15)10(14)6-8/h2,5-6,9H,3-4,7H2,1H3,(H,16,17). The highest BCUT2D eigenvalue weighted by molar-refractivity contribution is 6.30. The van der Waals surface area contributed by atoms with Gasteiger partial charge in [-0.25, -0.2) is 4.39 Å². The smallest absolute Gasteiger partial charge is 0.309 e. The lowest BCUT2D eigenvalue weighted by molar-refractivity contribution is -0.149. The molecule has 1 saturated carbocycles. The number of carboxylic acids is 1. The average Bonchev–Trinajstić information content (AvgIpc) is 3.07. The zero-order chi connectivity index (χ0) is 12.6. The molecule has 0 heterocycles. The van der Waals surface area contributed by atoms with Crippen LogP contribution in [0.15, 0.2) is 18.2 Å². The van der Waals surface area contributed by atoms with E-state index in [2.05, 4.69) is 0 Å². The summed E-state index contributed by atoms with van der Waals surface area (Å²) in [4.78, 5) is 11.4. The average molecular weight is 257 g/mol. The van der Waals surface area contributed by atoms with E-state index in [1.54, 1.807) is 13.0 Å². The summed E-state index contributed by atoms with van der Waals surface area (Å²) in [6.07, 6.45) is 2.31. The van der Waals surface area contributed by atoms with Crippen molar-refractivity contribution in [1.29, 1.82) is 0 Å². The van der Waals surface area contributed by atoms with Gasteiger partial charge in [-0.15, -0.1) is 0 Å². The second-order valence-electron chi connectivity index (χ2n) is 4.92. The molecule has 0 aliphatic heterocycles. The van der Waals surface area contributed by atoms with E-state index in [1.165, 1.54) is 12.1 Å². The number of carboxylic acid groups (broad SMARTS) is 1. The van der Waals surface area contributed by atoms with Gasteiger partial charge in [0, 0.05) is 0 Å². The van der Waals surface area contributed by atoms with Crippen molar-refractivity contribution in [2.24, 2.45) is 11.3 Å². The Morgan fingerprint density at radius 1 is 1.59 bits per heavy atom. The maximum Gasteiger partial charge on any atom is 0.309 e. The predicted octanol–water partition coefficient (Wildman–Crippen LogP) is 3.52. The number of hydrogen-bond donors (Lipinski definition) is 1. The Labute approximate surface area is 104 Å². The molecule has 92 valence electrons. The number of hydrogen-bond acceptors (Lipinski definition) is 1. The Bertz CT molecular complexity index is 457. The molecule has 1 N–H and O–H groups in total. The molecule has 2 nitrogen and oxygen atoms in total. The Morgan fingerprint density at radius 3 is 2.71 bits per heavy atom. The summed E-state index contributed by atoms with van der Waals surface area (Å²) in [6, 6.07) is 4.40. The largest absolute Gasteiger partial charge is 0.481 e.